The second kappa shape index (κ2) is 7.12. The van der Waals surface area contributed by atoms with Crippen molar-refractivity contribution in [3.05, 3.63) is 12.0 Å². The van der Waals surface area contributed by atoms with Crippen LogP contribution in [0.1, 0.15) is 27.7 Å². The molecule has 1 saturated heterocycles. The minimum atomic E-state index is -0.471. The summed E-state index contributed by atoms with van der Waals surface area (Å²) in [5, 5.41) is 6.56. The zero-order valence-electron chi connectivity index (χ0n) is 12.8. The summed E-state index contributed by atoms with van der Waals surface area (Å²) in [5.74, 6) is 0.593. The fourth-order valence-electron chi connectivity index (χ4n) is 1.83. The maximum Gasteiger partial charge on any atom is 0.410 e. The van der Waals surface area contributed by atoms with Gasteiger partial charge < -0.3 is 19.9 Å². The Morgan fingerprint density at radius 1 is 1.30 bits per heavy atom. The predicted molar refractivity (Wildman–Crippen MR) is 76.3 cm³/mol. The summed E-state index contributed by atoms with van der Waals surface area (Å²) in [4.78, 5) is 15.6. The van der Waals surface area contributed by atoms with Crippen LogP contribution in [0.25, 0.3) is 0 Å². The minimum Gasteiger partial charge on any atom is -0.444 e. The number of nitrogens with one attached hydrogen (secondary N) is 2. The molecule has 1 aliphatic heterocycles. The molecule has 1 amide bonds. The fraction of sp³-hybridized carbons (Fsp3) is 0.769. The summed E-state index contributed by atoms with van der Waals surface area (Å²) < 4.78 is 5.35. The zero-order chi connectivity index (χ0) is 15.2. The molecule has 0 radical (unpaired) electrons. The fourth-order valence-corrected chi connectivity index (χ4v) is 1.83. The van der Waals surface area contributed by atoms with Gasteiger partial charge in [-0.3, -0.25) is 0 Å². The summed E-state index contributed by atoms with van der Waals surface area (Å²) in [7, 11) is 0. The molecule has 0 aliphatic carbocycles. The molecule has 0 atom stereocenters. The van der Waals surface area contributed by atoms with Crippen molar-refractivity contribution in [3.63, 3.8) is 0 Å². The third-order valence-electron chi connectivity index (χ3n) is 2.81. The molecule has 2 N–H and O–H groups in total. The largest absolute Gasteiger partial charge is 0.444 e. The van der Waals surface area contributed by atoms with Crippen molar-refractivity contribution in [2.75, 3.05) is 32.7 Å². The van der Waals surface area contributed by atoms with Crippen LogP contribution in [0, 0.1) is 5.53 Å². The standard InChI is InChI=1S/C13H25N5O2/c1-5-15-10-11(16-14)17-6-8-18(9-7-17)12(19)20-13(2,3)4/h10,14-15H,5-9H2,1-4H3/b11-10+,16-14?. The van der Waals surface area contributed by atoms with Crippen molar-refractivity contribution >= 4 is 6.09 Å². The molecule has 0 saturated carbocycles. The summed E-state index contributed by atoms with van der Waals surface area (Å²) in [6.07, 6.45) is 1.45. The number of amides is 1. The first-order chi connectivity index (χ1) is 9.37. The Bertz CT molecular complexity index is 367. The van der Waals surface area contributed by atoms with E-state index in [2.05, 4.69) is 10.4 Å². The number of rotatable bonds is 4. The van der Waals surface area contributed by atoms with Gasteiger partial charge in [0, 0.05) is 38.9 Å². The maximum atomic E-state index is 11.9. The van der Waals surface area contributed by atoms with Crippen LogP contribution < -0.4 is 5.32 Å². The van der Waals surface area contributed by atoms with Crippen molar-refractivity contribution in [1.82, 2.24) is 15.1 Å². The van der Waals surface area contributed by atoms with Gasteiger partial charge in [-0.15, -0.1) is 5.11 Å². The van der Waals surface area contributed by atoms with E-state index in [0.29, 0.717) is 32.0 Å². The molecule has 0 bridgehead atoms. The van der Waals surface area contributed by atoms with Crippen LogP contribution in [0.5, 0.6) is 0 Å². The van der Waals surface area contributed by atoms with E-state index in [-0.39, 0.29) is 6.09 Å². The van der Waals surface area contributed by atoms with Crippen LogP contribution in [0.2, 0.25) is 0 Å². The molecular weight excluding hydrogens is 258 g/mol. The molecule has 0 aromatic carbocycles. The van der Waals surface area contributed by atoms with E-state index in [1.807, 2.05) is 32.6 Å². The number of hydrogen-bond acceptors (Lipinski definition) is 6. The third-order valence-corrected chi connectivity index (χ3v) is 2.81. The molecule has 1 heterocycles. The van der Waals surface area contributed by atoms with Crippen LogP contribution in [0.3, 0.4) is 0 Å². The van der Waals surface area contributed by atoms with Crippen LogP contribution in [0.4, 0.5) is 4.79 Å². The highest BCUT2D eigenvalue weighted by atomic mass is 16.6. The zero-order valence-corrected chi connectivity index (χ0v) is 12.8. The average molecular weight is 283 g/mol. The number of nitrogens with zero attached hydrogens (tertiary/aromatic N) is 3. The molecule has 1 rings (SSSR count). The summed E-state index contributed by atoms with van der Waals surface area (Å²) in [6.45, 7) is 10.8. The molecule has 0 spiro atoms. The van der Waals surface area contributed by atoms with Crippen molar-refractivity contribution in [3.8, 4) is 0 Å². The lowest BCUT2D eigenvalue weighted by molar-refractivity contribution is 0.0167. The lowest BCUT2D eigenvalue weighted by Gasteiger charge is -2.36. The van der Waals surface area contributed by atoms with Gasteiger partial charge in [0.1, 0.15) is 5.60 Å². The SMILES string of the molecule is CCN/C=C(\N=N)N1CCN(C(=O)OC(C)(C)C)CC1. The highest BCUT2D eigenvalue weighted by Crippen LogP contribution is 2.14. The molecule has 7 nitrogen and oxygen atoms in total. The summed E-state index contributed by atoms with van der Waals surface area (Å²) in [6, 6.07) is 0. The first-order valence-corrected chi connectivity index (χ1v) is 6.91. The highest BCUT2D eigenvalue weighted by molar-refractivity contribution is 5.68. The summed E-state index contributed by atoms with van der Waals surface area (Å²) >= 11 is 0. The van der Waals surface area contributed by atoms with Crippen LogP contribution >= 0.6 is 0 Å². The Hall–Kier alpha value is -1.79. The average Bonchev–Trinajstić information content (AvgIpc) is 2.38. The van der Waals surface area contributed by atoms with E-state index < -0.39 is 5.60 Å². The number of carbonyl (C=O) groups excluding carboxylic acids is 1. The quantitative estimate of drug-likeness (QED) is 0.773. The molecule has 1 aliphatic rings. The Labute approximate surface area is 120 Å². The number of piperazine rings is 1. The maximum absolute atomic E-state index is 11.9. The van der Waals surface area contributed by atoms with E-state index >= 15 is 0 Å². The van der Waals surface area contributed by atoms with Crippen molar-refractivity contribution in [2.45, 2.75) is 33.3 Å². The Morgan fingerprint density at radius 3 is 2.30 bits per heavy atom. The van der Waals surface area contributed by atoms with Gasteiger partial charge in [0.05, 0.1) is 0 Å². The lowest BCUT2D eigenvalue weighted by Crippen LogP contribution is -2.49. The van der Waals surface area contributed by atoms with Gasteiger partial charge in [-0.1, -0.05) is 0 Å². The van der Waals surface area contributed by atoms with Crippen molar-refractivity contribution in [2.24, 2.45) is 5.11 Å². The Morgan fingerprint density at radius 2 is 1.85 bits per heavy atom. The highest BCUT2D eigenvalue weighted by Gasteiger charge is 2.26. The van der Waals surface area contributed by atoms with Crippen LogP contribution in [-0.2, 0) is 4.74 Å². The van der Waals surface area contributed by atoms with Gasteiger partial charge >= 0.3 is 6.09 Å². The third kappa shape index (κ3) is 5.07. The van der Waals surface area contributed by atoms with Gasteiger partial charge in [0.25, 0.3) is 0 Å². The van der Waals surface area contributed by atoms with Gasteiger partial charge in [-0.2, -0.15) is 0 Å². The number of ether oxygens (including phenoxy) is 1. The van der Waals surface area contributed by atoms with Crippen molar-refractivity contribution in [1.29, 1.82) is 5.53 Å². The van der Waals surface area contributed by atoms with Gasteiger partial charge in [0.15, 0.2) is 5.82 Å². The van der Waals surface area contributed by atoms with Gasteiger partial charge in [-0.05, 0) is 27.7 Å². The van der Waals surface area contributed by atoms with E-state index in [4.69, 9.17) is 10.3 Å². The van der Waals surface area contributed by atoms with E-state index in [9.17, 15) is 4.79 Å². The second-order valence-corrected chi connectivity index (χ2v) is 5.63. The Kier molecular flexibility index (Phi) is 5.79. The van der Waals surface area contributed by atoms with Gasteiger partial charge in [0.2, 0.25) is 0 Å². The molecule has 1 fully saturated rings. The van der Waals surface area contributed by atoms with E-state index in [1.54, 1.807) is 11.1 Å². The first-order valence-electron chi connectivity index (χ1n) is 6.91. The molecule has 0 unspecified atom stereocenters. The molecular formula is C13H25N5O2. The summed E-state index contributed by atoms with van der Waals surface area (Å²) in [5.41, 5.74) is 6.73. The first kappa shape index (κ1) is 16.3. The van der Waals surface area contributed by atoms with E-state index in [1.165, 1.54) is 0 Å². The van der Waals surface area contributed by atoms with E-state index in [0.717, 1.165) is 6.54 Å². The predicted octanol–water partition coefficient (Wildman–Crippen LogP) is 1.98. The number of carbonyl (C=O) groups is 1. The normalized spacial score (nSPS) is 16.9. The molecule has 114 valence electrons. The molecule has 0 aromatic rings. The lowest BCUT2D eigenvalue weighted by atomic mass is 10.2. The second-order valence-electron chi connectivity index (χ2n) is 5.63. The van der Waals surface area contributed by atoms with Crippen molar-refractivity contribution < 1.29 is 9.53 Å². The molecule has 0 aromatic heterocycles. The Balaban J connectivity index is 2.51. The monoisotopic (exact) mass is 283 g/mol. The van der Waals surface area contributed by atoms with Crippen LogP contribution in [-0.4, -0.2) is 54.2 Å². The molecule has 7 heteroatoms. The topological polar surface area (TPSA) is 81.0 Å². The van der Waals surface area contributed by atoms with Crippen LogP contribution in [0.15, 0.2) is 17.1 Å². The smallest absolute Gasteiger partial charge is 0.410 e. The molecule has 20 heavy (non-hydrogen) atoms. The number of hydrogen-bond donors (Lipinski definition) is 2. The minimum absolute atomic E-state index is 0.280. The van der Waals surface area contributed by atoms with Gasteiger partial charge in [-0.25, -0.2) is 10.3 Å².